The van der Waals surface area contributed by atoms with Crippen molar-refractivity contribution < 1.29 is 27.4 Å². The van der Waals surface area contributed by atoms with E-state index in [9.17, 15) is 18.4 Å². The van der Waals surface area contributed by atoms with Gasteiger partial charge >= 0.3 is 6.18 Å². The molecule has 0 saturated heterocycles. The van der Waals surface area contributed by atoms with Crippen molar-refractivity contribution in [2.24, 2.45) is 0 Å². The van der Waals surface area contributed by atoms with Gasteiger partial charge < -0.3 is 14.7 Å². The largest absolute Gasteiger partial charge is 0.619 e. The molecule has 0 fully saturated rings. The van der Waals surface area contributed by atoms with Crippen LogP contribution < -0.4 is 4.73 Å². The van der Waals surface area contributed by atoms with Gasteiger partial charge in [-0.05, 0) is 6.92 Å². The summed E-state index contributed by atoms with van der Waals surface area (Å²) in [6.07, 6.45) is -2.84. The molecule has 0 saturated carbocycles. The van der Waals surface area contributed by atoms with Crippen LogP contribution in [-0.4, -0.2) is 38.4 Å². The van der Waals surface area contributed by atoms with Gasteiger partial charge in [0.15, 0.2) is 11.9 Å². The van der Waals surface area contributed by atoms with E-state index in [1.807, 2.05) is 6.92 Å². The van der Waals surface area contributed by atoms with E-state index in [2.05, 4.69) is 4.74 Å². The predicted octanol–water partition coefficient (Wildman–Crippen LogP) is 2.62. The number of alkyl halides is 3. The van der Waals surface area contributed by atoms with Crippen molar-refractivity contribution in [1.82, 2.24) is 0 Å². The highest BCUT2D eigenvalue weighted by Gasteiger charge is 2.27. The summed E-state index contributed by atoms with van der Waals surface area (Å²) in [6.45, 7) is 2.83. The number of ether oxygens (including phenoxy) is 2. The zero-order valence-corrected chi connectivity index (χ0v) is 12.7. The Bertz CT molecular complexity index is 455. The van der Waals surface area contributed by atoms with E-state index < -0.39 is 12.8 Å². The Kier molecular flexibility index (Phi) is 7.27. The van der Waals surface area contributed by atoms with Crippen LogP contribution in [0.4, 0.5) is 13.2 Å². The highest BCUT2D eigenvalue weighted by molar-refractivity contribution is 7.99. The molecule has 0 atom stereocenters. The lowest BCUT2D eigenvalue weighted by molar-refractivity contribution is -0.613. The third-order valence-electron chi connectivity index (χ3n) is 2.73. The second-order valence-corrected chi connectivity index (χ2v) is 5.48. The van der Waals surface area contributed by atoms with Gasteiger partial charge in [0.1, 0.15) is 6.61 Å². The molecule has 0 aliphatic rings. The van der Waals surface area contributed by atoms with E-state index in [1.54, 1.807) is 13.0 Å². The van der Waals surface area contributed by atoms with Crippen LogP contribution in [0, 0.1) is 19.1 Å². The Morgan fingerprint density at radius 1 is 1.19 bits per heavy atom. The van der Waals surface area contributed by atoms with Gasteiger partial charge in [0.25, 0.3) is 0 Å². The third kappa shape index (κ3) is 7.01. The van der Waals surface area contributed by atoms with Crippen molar-refractivity contribution in [3.63, 3.8) is 0 Å². The fourth-order valence-corrected chi connectivity index (χ4v) is 2.43. The maximum absolute atomic E-state index is 11.8. The van der Waals surface area contributed by atoms with Gasteiger partial charge in [-0.15, -0.1) is 11.8 Å². The molecule has 0 aliphatic heterocycles. The smallest absolute Gasteiger partial charge is 0.411 e. The van der Waals surface area contributed by atoms with E-state index >= 15 is 0 Å². The first-order chi connectivity index (χ1) is 9.81. The molecular formula is C13H18F3NO3S. The number of rotatable bonds is 8. The lowest BCUT2D eigenvalue weighted by atomic mass is 10.2. The van der Waals surface area contributed by atoms with Crippen molar-refractivity contribution in [2.75, 3.05) is 32.2 Å². The average molecular weight is 325 g/mol. The van der Waals surface area contributed by atoms with Crippen LogP contribution in [-0.2, 0) is 9.47 Å². The summed E-state index contributed by atoms with van der Waals surface area (Å²) in [5.41, 5.74) is 1.58. The summed E-state index contributed by atoms with van der Waals surface area (Å²) < 4.78 is 45.8. The molecule has 0 aliphatic carbocycles. The fourth-order valence-electron chi connectivity index (χ4n) is 1.49. The standard InChI is InChI=1S/C13H18F3NO3S/c1-10-11(2)17(18)4-3-12(10)21-8-7-19-5-6-20-9-13(14,15)16/h3-4H,5-9H2,1-2H3. The molecule has 1 aromatic rings. The number of hydrogen-bond acceptors (Lipinski definition) is 4. The highest BCUT2D eigenvalue weighted by Crippen LogP contribution is 2.22. The first-order valence-corrected chi connectivity index (χ1v) is 7.34. The summed E-state index contributed by atoms with van der Waals surface area (Å²) in [5.74, 6) is 0.655. The Hall–Kier alpha value is -0.990. The molecule has 0 bridgehead atoms. The molecule has 1 aromatic heterocycles. The molecule has 0 radical (unpaired) electrons. The zero-order chi connectivity index (χ0) is 15.9. The van der Waals surface area contributed by atoms with Crippen molar-refractivity contribution >= 4 is 11.8 Å². The van der Waals surface area contributed by atoms with Crippen molar-refractivity contribution in [3.8, 4) is 0 Å². The van der Waals surface area contributed by atoms with Gasteiger partial charge in [-0.25, -0.2) is 0 Å². The van der Waals surface area contributed by atoms with E-state index in [0.29, 0.717) is 18.1 Å². The van der Waals surface area contributed by atoms with Crippen LogP contribution in [0.15, 0.2) is 17.2 Å². The summed E-state index contributed by atoms with van der Waals surface area (Å²) in [5, 5.41) is 11.3. The van der Waals surface area contributed by atoms with Gasteiger partial charge in [0, 0.05) is 29.2 Å². The monoisotopic (exact) mass is 325 g/mol. The third-order valence-corrected chi connectivity index (χ3v) is 3.85. The molecule has 0 amide bonds. The van der Waals surface area contributed by atoms with Gasteiger partial charge in [-0.3, -0.25) is 0 Å². The Morgan fingerprint density at radius 2 is 1.86 bits per heavy atom. The summed E-state index contributed by atoms with van der Waals surface area (Å²) in [4.78, 5) is 0.997. The van der Waals surface area contributed by atoms with E-state index in [4.69, 9.17) is 4.74 Å². The molecule has 0 aromatic carbocycles. The summed E-state index contributed by atoms with van der Waals surface area (Å²) in [6, 6.07) is 1.74. The van der Waals surface area contributed by atoms with Crippen LogP contribution in [0.5, 0.6) is 0 Å². The maximum Gasteiger partial charge on any atom is 0.411 e. The lowest BCUT2D eigenvalue weighted by Crippen LogP contribution is -2.30. The van der Waals surface area contributed by atoms with Crippen LogP contribution in [0.1, 0.15) is 11.3 Å². The SMILES string of the molecule is Cc1c(SCCOCCOCC(F)(F)F)cc[n+]([O-])c1C. The molecule has 8 heteroatoms. The number of aromatic nitrogens is 1. The minimum Gasteiger partial charge on any atom is -0.619 e. The van der Waals surface area contributed by atoms with Gasteiger partial charge in [0.2, 0.25) is 0 Å². The molecule has 0 spiro atoms. The van der Waals surface area contributed by atoms with Crippen LogP contribution in [0.2, 0.25) is 0 Å². The number of nitrogens with zero attached hydrogens (tertiary/aromatic N) is 1. The number of halogens is 3. The Balaban J connectivity index is 2.14. The van der Waals surface area contributed by atoms with E-state index in [0.717, 1.165) is 15.2 Å². The summed E-state index contributed by atoms with van der Waals surface area (Å²) >= 11 is 1.54. The minimum atomic E-state index is -4.29. The second-order valence-electron chi connectivity index (χ2n) is 4.34. The minimum absolute atomic E-state index is 0.0795. The maximum atomic E-state index is 11.8. The molecule has 120 valence electrons. The summed E-state index contributed by atoms with van der Waals surface area (Å²) in [7, 11) is 0. The van der Waals surface area contributed by atoms with Gasteiger partial charge in [-0.2, -0.15) is 17.9 Å². The van der Waals surface area contributed by atoms with Gasteiger partial charge in [-0.1, -0.05) is 0 Å². The molecule has 1 heterocycles. The van der Waals surface area contributed by atoms with Gasteiger partial charge in [0.05, 0.1) is 19.8 Å². The number of pyridine rings is 1. The fraction of sp³-hybridized carbons (Fsp3) is 0.615. The predicted molar refractivity (Wildman–Crippen MR) is 73.3 cm³/mol. The second kappa shape index (κ2) is 8.45. The Labute approximate surface area is 125 Å². The Morgan fingerprint density at radius 3 is 2.52 bits per heavy atom. The number of hydrogen-bond donors (Lipinski definition) is 0. The number of thioether (sulfide) groups is 1. The van der Waals surface area contributed by atoms with Crippen molar-refractivity contribution in [3.05, 3.63) is 28.7 Å². The van der Waals surface area contributed by atoms with E-state index in [-0.39, 0.29) is 13.2 Å². The van der Waals surface area contributed by atoms with Crippen LogP contribution in [0.3, 0.4) is 0 Å². The molecule has 0 N–H and O–H groups in total. The highest BCUT2D eigenvalue weighted by atomic mass is 32.2. The van der Waals surface area contributed by atoms with Crippen molar-refractivity contribution in [1.29, 1.82) is 0 Å². The molecular weight excluding hydrogens is 307 g/mol. The molecule has 0 unspecified atom stereocenters. The average Bonchev–Trinajstić information content (AvgIpc) is 2.40. The normalized spacial score (nSPS) is 11.9. The molecule has 1 rings (SSSR count). The topological polar surface area (TPSA) is 45.4 Å². The lowest BCUT2D eigenvalue weighted by Gasteiger charge is -2.09. The first-order valence-electron chi connectivity index (χ1n) is 6.35. The molecule has 4 nitrogen and oxygen atoms in total. The van der Waals surface area contributed by atoms with Crippen molar-refractivity contribution in [2.45, 2.75) is 24.9 Å². The van der Waals surface area contributed by atoms with Crippen LogP contribution in [0.25, 0.3) is 0 Å². The quantitative estimate of drug-likeness (QED) is 0.319. The first kappa shape index (κ1) is 18.1. The van der Waals surface area contributed by atoms with E-state index in [1.165, 1.54) is 18.0 Å². The zero-order valence-electron chi connectivity index (χ0n) is 11.9. The van der Waals surface area contributed by atoms with Crippen LogP contribution >= 0.6 is 11.8 Å². The molecule has 21 heavy (non-hydrogen) atoms.